The number of nitrogens with one attached hydrogen (secondary N) is 1. The van der Waals surface area contributed by atoms with Gasteiger partial charge in [-0.25, -0.2) is 9.18 Å². The second-order valence-electron chi connectivity index (χ2n) is 7.40. The molecule has 10 heteroatoms. The lowest BCUT2D eigenvalue weighted by molar-refractivity contribution is -0.384. The number of amides is 2. The van der Waals surface area contributed by atoms with Gasteiger partial charge in [-0.05, 0) is 27.7 Å². The van der Waals surface area contributed by atoms with Crippen molar-refractivity contribution in [2.45, 2.75) is 33.3 Å². The molecule has 2 amide bonds. The highest BCUT2D eigenvalue weighted by Crippen LogP contribution is 2.28. The lowest BCUT2D eigenvalue weighted by Gasteiger charge is -2.35. The Bertz CT molecular complexity index is 770. The van der Waals surface area contributed by atoms with Gasteiger partial charge in [0.2, 0.25) is 0 Å². The Kier molecular flexibility index (Phi) is 6.42. The average Bonchev–Trinajstić information content (AvgIpc) is 2.60. The average molecular weight is 396 g/mol. The molecule has 1 saturated heterocycles. The third-order valence-corrected chi connectivity index (χ3v) is 4.10. The lowest BCUT2D eigenvalue weighted by Crippen LogP contribution is -2.51. The molecular weight excluding hydrogens is 371 g/mol. The van der Waals surface area contributed by atoms with Crippen molar-refractivity contribution in [1.82, 2.24) is 9.80 Å². The molecule has 9 nitrogen and oxygen atoms in total. The van der Waals surface area contributed by atoms with Gasteiger partial charge in [-0.2, -0.15) is 0 Å². The number of halogens is 1. The summed E-state index contributed by atoms with van der Waals surface area (Å²) in [4.78, 5) is 38.2. The van der Waals surface area contributed by atoms with E-state index in [1.54, 1.807) is 27.7 Å². The van der Waals surface area contributed by atoms with Crippen LogP contribution in [0.3, 0.4) is 0 Å². The first-order valence-corrected chi connectivity index (χ1v) is 9.02. The van der Waals surface area contributed by atoms with Gasteiger partial charge < -0.3 is 19.9 Å². The number of nitrogens with zero attached hydrogens (tertiary/aromatic N) is 3. The molecule has 1 fully saturated rings. The Labute approximate surface area is 162 Å². The van der Waals surface area contributed by atoms with Crippen molar-refractivity contribution in [2.75, 3.05) is 38.0 Å². The molecule has 0 radical (unpaired) electrons. The monoisotopic (exact) mass is 396 g/mol. The standard InChI is InChI=1S/C18H25FN4O5/c1-5-20-14-11-13(19)12(10-15(14)23(26)27)16(24)21-6-8-22(9-7-21)17(25)28-18(2,3)4/h10-11,20H,5-9H2,1-4H3. The summed E-state index contributed by atoms with van der Waals surface area (Å²) in [5.74, 6) is -1.48. The van der Waals surface area contributed by atoms with Crippen LogP contribution in [-0.2, 0) is 4.74 Å². The third kappa shape index (κ3) is 5.08. The van der Waals surface area contributed by atoms with Crippen LogP contribution in [0.15, 0.2) is 12.1 Å². The van der Waals surface area contributed by atoms with Gasteiger partial charge in [-0.1, -0.05) is 0 Å². The summed E-state index contributed by atoms with van der Waals surface area (Å²) in [7, 11) is 0. The van der Waals surface area contributed by atoms with Crippen molar-refractivity contribution < 1.29 is 23.6 Å². The highest BCUT2D eigenvalue weighted by Gasteiger charge is 2.30. The predicted molar refractivity (Wildman–Crippen MR) is 101 cm³/mol. The first-order valence-electron chi connectivity index (χ1n) is 9.02. The van der Waals surface area contributed by atoms with E-state index < -0.39 is 28.3 Å². The van der Waals surface area contributed by atoms with Gasteiger partial charge in [0.15, 0.2) is 0 Å². The molecule has 0 bridgehead atoms. The van der Waals surface area contributed by atoms with Crippen LogP contribution < -0.4 is 5.32 Å². The first kappa shape index (κ1) is 21.4. The van der Waals surface area contributed by atoms with Crippen molar-refractivity contribution in [3.8, 4) is 0 Å². The summed E-state index contributed by atoms with van der Waals surface area (Å²) in [6, 6.07) is 1.92. The third-order valence-electron chi connectivity index (χ3n) is 4.10. The molecule has 1 aliphatic rings. The van der Waals surface area contributed by atoms with Gasteiger partial charge in [0.25, 0.3) is 11.6 Å². The summed E-state index contributed by atoms with van der Waals surface area (Å²) >= 11 is 0. The van der Waals surface area contributed by atoms with E-state index in [2.05, 4.69) is 5.32 Å². The molecule has 0 saturated carbocycles. The topological polar surface area (TPSA) is 105 Å². The SMILES string of the molecule is CCNc1cc(F)c(C(=O)N2CCN(C(=O)OC(C)(C)C)CC2)cc1[N+](=O)[O-]. The Morgan fingerprint density at radius 1 is 1.21 bits per heavy atom. The number of anilines is 1. The minimum atomic E-state index is -0.832. The molecule has 1 aromatic carbocycles. The van der Waals surface area contributed by atoms with Gasteiger partial charge in [-0.3, -0.25) is 14.9 Å². The molecule has 1 aliphatic heterocycles. The Balaban J connectivity index is 2.12. The maximum absolute atomic E-state index is 14.4. The van der Waals surface area contributed by atoms with Crippen LogP contribution in [0.2, 0.25) is 0 Å². The first-order chi connectivity index (χ1) is 13.0. The van der Waals surface area contributed by atoms with E-state index in [0.717, 1.165) is 12.1 Å². The maximum Gasteiger partial charge on any atom is 0.410 e. The van der Waals surface area contributed by atoms with Gasteiger partial charge in [0.1, 0.15) is 17.1 Å². The smallest absolute Gasteiger partial charge is 0.410 e. The van der Waals surface area contributed by atoms with Crippen molar-refractivity contribution in [1.29, 1.82) is 0 Å². The minimum absolute atomic E-state index is 0.0243. The highest BCUT2D eigenvalue weighted by atomic mass is 19.1. The van der Waals surface area contributed by atoms with Gasteiger partial charge in [0, 0.05) is 44.9 Å². The molecule has 1 aromatic rings. The van der Waals surface area contributed by atoms with Crippen LogP contribution in [0.1, 0.15) is 38.1 Å². The maximum atomic E-state index is 14.4. The number of ether oxygens (including phenoxy) is 1. The van der Waals surface area contributed by atoms with Crippen molar-refractivity contribution in [2.24, 2.45) is 0 Å². The Morgan fingerprint density at radius 3 is 2.29 bits per heavy atom. The minimum Gasteiger partial charge on any atom is -0.444 e. The van der Waals surface area contributed by atoms with E-state index in [1.165, 1.54) is 9.80 Å². The predicted octanol–water partition coefficient (Wildman–Crippen LogP) is 2.86. The summed E-state index contributed by atoms with van der Waals surface area (Å²) in [5.41, 5.74) is -1.32. The van der Waals surface area contributed by atoms with Crippen LogP contribution in [0.25, 0.3) is 0 Å². The molecular formula is C18H25FN4O5. The van der Waals surface area contributed by atoms with Gasteiger partial charge in [-0.15, -0.1) is 0 Å². The summed E-state index contributed by atoms with van der Waals surface area (Å²) in [5, 5.41) is 14.0. The van der Waals surface area contributed by atoms with Crippen LogP contribution in [0, 0.1) is 15.9 Å². The van der Waals surface area contributed by atoms with E-state index >= 15 is 0 Å². The number of benzene rings is 1. The summed E-state index contributed by atoms with van der Waals surface area (Å²) in [6.45, 7) is 8.22. The number of nitro groups is 1. The van der Waals surface area contributed by atoms with Crippen molar-refractivity contribution >= 4 is 23.4 Å². The summed E-state index contributed by atoms with van der Waals surface area (Å²) in [6.07, 6.45) is -0.476. The van der Waals surface area contributed by atoms with Crippen LogP contribution >= 0.6 is 0 Å². The quantitative estimate of drug-likeness (QED) is 0.620. The number of nitro benzene ring substituents is 1. The van der Waals surface area contributed by atoms with E-state index in [9.17, 15) is 24.1 Å². The van der Waals surface area contributed by atoms with Crippen molar-refractivity contribution in [3.63, 3.8) is 0 Å². The van der Waals surface area contributed by atoms with Crippen LogP contribution in [0.5, 0.6) is 0 Å². The van der Waals surface area contributed by atoms with Crippen molar-refractivity contribution in [3.05, 3.63) is 33.6 Å². The molecule has 1 N–H and O–H groups in total. The number of carbonyl (C=O) groups is 2. The fraction of sp³-hybridized carbons (Fsp3) is 0.556. The lowest BCUT2D eigenvalue weighted by atomic mass is 10.1. The number of rotatable bonds is 4. The Hall–Kier alpha value is -2.91. The zero-order chi connectivity index (χ0) is 21.1. The number of hydrogen-bond acceptors (Lipinski definition) is 6. The number of hydrogen-bond donors (Lipinski definition) is 1. The molecule has 2 rings (SSSR count). The van der Waals surface area contributed by atoms with Crippen LogP contribution in [0.4, 0.5) is 20.6 Å². The molecule has 0 atom stereocenters. The molecule has 154 valence electrons. The van der Waals surface area contributed by atoms with E-state index in [4.69, 9.17) is 4.74 Å². The zero-order valence-corrected chi connectivity index (χ0v) is 16.5. The number of carbonyl (C=O) groups excluding carboxylic acids is 2. The highest BCUT2D eigenvalue weighted by molar-refractivity contribution is 5.96. The van der Waals surface area contributed by atoms with E-state index in [-0.39, 0.29) is 43.1 Å². The van der Waals surface area contributed by atoms with Gasteiger partial charge in [0.05, 0.1) is 10.5 Å². The molecule has 0 aromatic heterocycles. The largest absolute Gasteiger partial charge is 0.444 e. The molecule has 0 unspecified atom stereocenters. The zero-order valence-electron chi connectivity index (χ0n) is 16.5. The molecule has 0 spiro atoms. The normalized spacial score (nSPS) is 14.6. The van der Waals surface area contributed by atoms with Gasteiger partial charge >= 0.3 is 6.09 Å². The molecule has 28 heavy (non-hydrogen) atoms. The Morgan fingerprint density at radius 2 is 1.79 bits per heavy atom. The summed E-state index contributed by atoms with van der Waals surface area (Å²) < 4.78 is 19.7. The fourth-order valence-electron chi connectivity index (χ4n) is 2.80. The number of piperazine rings is 1. The van der Waals surface area contributed by atoms with Crippen LogP contribution in [-0.4, -0.2) is 65.0 Å². The second kappa shape index (κ2) is 8.41. The molecule has 1 heterocycles. The molecule has 0 aliphatic carbocycles. The fourth-order valence-corrected chi connectivity index (χ4v) is 2.80. The van der Waals surface area contributed by atoms with E-state index in [1.807, 2.05) is 0 Å². The van der Waals surface area contributed by atoms with E-state index in [0.29, 0.717) is 6.54 Å². The second-order valence-corrected chi connectivity index (χ2v) is 7.40.